The molecule has 0 radical (unpaired) electrons. The number of likely N-dealkylation sites (N-methyl/N-ethyl adjacent to an activating group) is 1. The van der Waals surface area contributed by atoms with Crippen LogP contribution in [-0.2, 0) is 14.8 Å². The second kappa shape index (κ2) is 8.05. The van der Waals surface area contributed by atoms with Crippen LogP contribution >= 0.6 is 0 Å². The predicted molar refractivity (Wildman–Crippen MR) is 98.5 cm³/mol. The first-order valence-electron chi connectivity index (χ1n) is 8.37. The number of carbonyl (C=O) groups is 1. The van der Waals surface area contributed by atoms with Crippen LogP contribution in [0, 0.1) is 0 Å². The van der Waals surface area contributed by atoms with Gasteiger partial charge in [-0.05, 0) is 45.2 Å². The van der Waals surface area contributed by atoms with Gasteiger partial charge in [0.2, 0.25) is 15.9 Å². The van der Waals surface area contributed by atoms with Gasteiger partial charge >= 0.3 is 0 Å². The summed E-state index contributed by atoms with van der Waals surface area (Å²) in [6.45, 7) is 6.49. The smallest absolute Gasteiger partial charge is 0.243 e. The Bertz CT molecular complexity index is 680. The number of piperazine rings is 1. The normalized spacial score (nSPS) is 16.1. The Morgan fingerprint density at radius 1 is 1.16 bits per heavy atom. The molecule has 1 aliphatic rings. The van der Waals surface area contributed by atoms with Gasteiger partial charge in [0, 0.05) is 26.2 Å². The fourth-order valence-electron chi connectivity index (χ4n) is 2.64. The summed E-state index contributed by atoms with van der Waals surface area (Å²) in [4.78, 5) is 16.4. The minimum absolute atomic E-state index is 0.0377. The van der Waals surface area contributed by atoms with Crippen LogP contribution in [0.4, 0.5) is 5.69 Å². The van der Waals surface area contributed by atoms with Crippen LogP contribution in [0.3, 0.4) is 0 Å². The Balaban J connectivity index is 2.12. The standard InChI is InChI=1S/C17H27N3O4S/c1-14(2)24-16-7-5-15(6-8-16)20(25(4,22)23)13-17(21)19-11-9-18(3)10-12-19/h5-8,14H,9-13H2,1-4H3. The van der Waals surface area contributed by atoms with Crippen molar-refractivity contribution in [3.05, 3.63) is 24.3 Å². The van der Waals surface area contributed by atoms with Crippen LogP contribution in [-0.4, -0.2) is 76.3 Å². The van der Waals surface area contributed by atoms with E-state index in [9.17, 15) is 13.2 Å². The Kier molecular flexibility index (Phi) is 6.29. The molecule has 1 aliphatic heterocycles. The van der Waals surface area contributed by atoms with E-state index in [1.54, 1.807) is 29.2 Å². The summed E-state index contributed by atoms with van der Waals surface area (Å²) in [6, 6.07) is 6.76. The third-order valence-corrected chi connectivity index (χ3v) is 5.17. The lowest BCUT2D eigenvalue weighted by Crippen LogP contribution is -2.50. The molecular formula is C17H27N3O4S. The summed E-state index contributed by atoms with van der Waals surface area (Å²) < 4.78 is 31.1. The molecule has 140 valence electrons. The monoisotopic (exact) mass is 369 g/mol. The number of benzene rings is 1. The van der Waals surface area contributed by atoms with Crippen LogP contribution < -0.4 is 9.04 Å². The number of amides is 1. The number of sulfonamides is 1. The molecule has 7 nitrogen and oxygen atoms in total. The molecule has 0 saturated carbocycles. The van der Waals surface area contributed by atoms with E-state index in [-0.39, 0.29) is 18.6 Å². The van der Waals surface area contributed by atoms with Gasteiger partial charge < -0.3 is 14.5 Å². The van der Waals surface area contributed by atoms with Crippen molar-refractivity contribution in [3.63, 3.8) is 0 Å². The maximum absolute atomic E-state index is 12.5. The zero-order chi connectivity index (χ0) is 18.6. The van der Waals surface area contributed by atoms with Crippen molar-refractivity contribution in [2.75, 3.05) is 50.3 Å². The van der Waals surface area contributed by atoms with Gasteiger partial charge in [-0.1, -0.05) is 0 Å². The van der Waals surface area contributed by atoms with Gasteiger partial charge in [0.1, 0.15) is 12.3 Å². The molecule has 1 aromatic rings. The fraction of sp³-hybridized carbons (Fsp3) is 0.588. The third kappa shape index (κ3) is 5.61. The van der Waals surface area contributed by atoms with E-state index in [4.69, 9.17) is 4.74 Å². The van der Waals surface area contributed by atoms with E-state index in [1.165, 1.54) is 0 Å². The lowest BCUT2D eigenvalue weighted by Gasteiger charge is -2.34. The molecule has 1 amide bonds. The quantitative estimate of drug-likeness (QED) is 0.749. The van der Waals surface area contributed by atoms with Crippen molar-refractivity contribution in [1.29, 1.82) is 0 Å². The number of carbonyl (C=O) groups excluding carboxylic acids is 1. The van der Waals surface area contributed by atoms with Crippen molar-refractivity contribution >= 4 is 21.6 Å². The zero-order valence-electron chi connectivity index (χ0n) is 15.3. The molecule has 0 aromatic heterocycles. The van der Waals surface area contributed by atoms with E-state index in [0.29, 0.717) is 24.5 Å². The number of anilines is 1. The highest BCUT2D eigenvalue weighted by atomic mass is 32.2. The van der Waals surface area contributed by atoms with Crippen LogP contribution in [0.5, 0.6) is 5.75 Å². The molecule has 8 heteroatoms. The molecule has 1 fully saturated rings. The molecular weight excluding hydrogens is 342 g/mol. The molecule has 25 heavy (non-hydrogen) atoms. The molecule has 1 aromatic carbocycles. The van der Waals surface area contributed by atoms with Crippen LogP contribution in [0.15, 0.2) is 24.3 Å². The number of hydrogen-bond acceptors (Lipinski definition) is 5. The summed E-state index contributed by atoms with van der Waals surface area (Å²) in [7, 11) is -1.56. The molecule has 0 unspecified atom stereocenters. The zero-order valence-corrected chi connectivity index (χ0v) is 16.1. The molecule has 0 aliphatic carbocycles. The maximum Gasteiger partial charge on any atom is 0.243 e. The van der Waals surface area contributed by atoms with Crippen LogP contribution in [0.1, 0.15) is 13.8 Å². The van der Waals surface area contributed by atoms with Crippen LogP contribution in [0.25, 0.3) is 0 Å². The first-order valence-corrected chi connectivity index (χ1v) is 10.2. The Morgan fingerprint density at radius 3 is 2.20 bits per heavy atom. The summed E-state index contributed by atoms with van der Waals surface area (Å²) in [5, 5.41) is 0. The Hall–Kier alpha value is -1.80. The van der Waals surface area contributed by atoms with Crippen molar-refractivity contribution < 1.29 is 17.9 Å². The van der Waals surface area contributed by atoms with Gasteiger partial charge in [-0.3, -0.25) is 9.10 Å². The first-order chi connectivity index (χ1) is 11.7. The molecule has 0 spiro atoms. The number of ether oxygens (including phenoxy) is 1. The van der Waals surface area contributed by atoms with E-state index >= 15 is 0 Å². The van der Waals surface area contributed by atoms with E-state index in [0.717, 1.165) is 23.7 Å². The van der Waals surface area contributed by atoms with Gasteiger partial charge in [-0.2, -0.15) is 0 Å². The van der Waals surface area contributed by atoms with Gasteiger partial charge in [-0.25, -0.2) is 8.42 Å². The van der Waals surface area contributed by atoms with Crippen LogP contribution in [0.2, 0.25) is 0 Å². The van der Waals surface area contributed by atoms with Crippen molar-refractivity contribution in [3.8, 4) is 5.75 Å². The summed E-state index contributed by atoms with van der Waals surface area (Å²) in [6.07, 6.45) is 1.15. The molecule has 0 N–H and O–H groups in total. The average Bonchev–Trinajstić information content (AvgIpc) is 2.52. The predicted octanol–water partition coefficient (Wildman–Crippen LogP) is 1.01. The van der Waals surface area contributed by atoms with E-state index in [1.807, 2.05) is 20.9 Å². The lowest BCUT2D eigenvalue weighted by molar-refractivity contribution is -0.131. The number of rotatable bonds is 6. The van der Waals surface area contributed by atoms with Gasteiger partial charge in [0.25, 0.3) is 0 Å². The first kappa shape index (κ1) is 19.5. The highest BCUT2D eigenvalue weighted by molar-refractivity contribution is 7.92. The minimum atomic E-state index is -3.56. The van der Waals surface area contributed by atoms with E-state index < -0.39 is 10.0 Å². The molecule has 0 atom stereocenters. The molecule has 0 bridgehead atoms. The van der Waals surface area contributed by atoms with Gasteiger partial charge in [-0.15, -0.1) is 0 Å². The second-order valence-electron chi connectivity index (χ2n) is 6.61. The average molecular weight is 369 g/mol. The maximum atomic E-state index is 12.5. The molecule has 1 saturated heterocycles. The van der Waals surface area contributed by atoms with Crippen molar-refractivity contribution in [2.24, 2.45) is 0 Å². The number of hydrogen-bond donors (Lipinski definition) is 0. The Labute approximate surface area is 150 Å². The van der Waals surface area contributed by atoms with Gasteiger partial charge in [0.15, 0.2) is 0 Å². The molecule has 1 heterocycles. The summed E-state index contributed by atoms with van der Waals surface area (Å²) in [5.74, 6) is 0.485. The Morgan fingerprint density at radius 2 is 1.72 bits per heavy atom. The topological polar surface area (TPSA) is 70.2 Å². The molecule has 2 rings (SSSR count). The minimum Gasteiger partial charge on any atom is -0.491 e. The van der Waals surface area contributed by atoms with Crippen molar-refractivity contribution in [1.82, 2.24) is 9.80 Å². The van der Waals surface area contributed by atoms with Crippen molar-refractivity contribution in [2.45, 2.75) is 20.0 Å². The van der Waals surface area contributed by atoms with Gasteiger partial charge in [0.05, 0.1) is 18.0 Å². The summed E-state index contributed by atoms with van der Waals surface area (Å²) in [5.41, 5.74) is 0.459. The highest BCUT2D eigenvalue weighted by Gasteiger charge is 2.25. The fourth-order valence-corrected chi connectivity index (χ4v) is 3.49. The summed E-state index contributed by atoms with van der Waals surface area (Å²) >= 11 is 0. The van der Waals surface area contributed by atoms with E-state index in [2.05, 4.69) is 4.90 Å². The second-order valence-corrected chi connectivity index (χ2v) is 8.52. The lowest BCUT2D eigenvalue weighted by atomic mass is 10.3. The largest absolute Gasteiger partial charge is 0.491 e. The number of nitrogens with zero attached hydrogens (tertiary/aromatic N) is 3. The highest BCUT2D eigenvalue weighted by Crippen LogP contribution is 2.22. The third-order valence-electron chi connectivity index (χ3n) is 4.03. The SMILES string of the molecule is CC(C)Oc1ccc(N(CC(=O)N2CCN(C)CC2)S(C)(=O)=O)cc1.